The van der Waals surface area contributed by atoms with Gasteiger partial charge in [0.15, 0.2) is 0 Å². The van der Waals surface area contributed by atoms with Crippen molar-refractivity contribution in [3.8, 4) is 0 Å². The molecular formula is C14H19BrFNS. The van der Waals surface area contributed by atoms with Crippen molar-refractivity contribution in [2.24, 2.45) is 0 Å². The summed E-state index contributed by atoms with van der Waals surface area (Å²) in [5.41, 5.74) is 0.809. The van der Waals surface area contributed by atoms with E-state index >= 15 is 0 Å². The van der Waals surface area contributed by atoms with Crippen molar-refractivity contribution < 1.29 is 4.39 Å². The van der Waals surface area contributed by atoms with Crippen LogP contribution in [0.15, 0.2) is 22.7 Å². The van der Waals surface area contributed by atoms with Gasteiger partial charge in [0.2, 0.25) is 0 Å². The Hall–Kier alpha value is -0.0600. The lowest BCUT2D eigenvalue weighted by molar-refractivity contribution is 0.484. The highest BCUT2D eigenvalue weighted by Gasteiger charge is 2.23. The summed E-state index contributed by atoms with van der Waals surface area (Å²) in [6.45, 7) is 0. The number of thioether (sulfide) groups is 1. The van der Waals surface area contributed by atoms with E-state index in [1.54, 1.807) is 6.07 Å². The van der Waals surface area contributed by atoms with Crippen molar-refractivity contribution >= 4 is 27.7 Å². The highest BCUT2D eigenvalue weighted by atomic mass is 79.9. The molecule has 1 saturated heterocycles. The summed E-state index contributed by atoms with van der Waals surface area (Å²) >= 11 is 5.33. The Kier molecular flexibility index (Phi) is 5.52. The summed E-state index contributed by atoms with van der Waals surface area (Å²) in [5.74, 6) is 1.14. The minimum Gasteiger partial charge on any atom is -0.316 e. The van der Waals surface area contributed by atoms with Crippen LogP contribution in [0.5, 0.6) is 0 Å². The summed E-state index contributed by atoms with van der Waals surface area (Å²) in [7, 11) is 1.98. The van der Waals surface area contributed by atoms with E-state index in [1.165, 1.54) is 25.0 Å². The second-order valence-corrected chi connectivity index (χ2v) is 7.00. The molecule has 18 heavy (non-hydrogen) atoms. The third kappa shape index (κ3) is 3.72. The van der Waals surface area contributed by atoms with Crippen LogP contribution in [0.2, 0.25) is 0 Å². The number of rotatable bonds is 4. The van der Waals surface area contributed by atoms with Crippen LogP contribution in [-0.4, -0.2) is 24.1 Å². The zero-order valence-electron chi connectivity index (χ0n) is 10.6. The fourth-order valence-electron chi connectivity index (χ4n) is 2.43. The number of benzene rings is 1. The van der Waals surface area contributed by atoms with E-state index < -0.39 is 0 Å². The molecule has 1 aromatic rings. The van der Waals surface area contributed by atoms with E-state index in [-0.39, 0.29) is 5.82 Å². The standard InChI is InChI=1S/C14H19BrFNS/c1-17-13(14-4-2-3-7-18-14)8-10-5-6-11(15)9-12(10)16/h5-6,9,13-14,17H,2-4,7-8H2,1H3. The van der Waals surface area contributed by atoms with Crippen LogP contribution in [0.4, 0.5) is 4.39 Å². The summed E-state index contributed by atoms with van der Waals surface area (Å²) < 4.78 is 14.7. The van der Waals surface area contributed by atoms with Crippen LogP contribution in [0, 0.1) is 5.82 Å². The molecule has 0 aromatic heterocycles. The largest absolute Gasteiger partial charge is 0.316 e. The number of nitrogens with one attached hydrogen (secondary N) is 1. The molecular weight excluding hydrogens is 313 g/mol. The van der Waals surface area contributed by atoms with Gasteiger partial charge in [-0.15, -0.1) is 0 Å². The number of halogens is 2. The molecule has 2 atom stereocenters. The molecule has 0 radical (unpaired) electrons. The van der Waals surface area contributed by atoms with Crippen molar-refractivity contribution in [3.05, 3.63) is 34.1 Å². The van der Waals surface area contributed by atoms with Gasteiger partial charge >= 0.3 is 0 Å². The van der Waals surface area contributed by atoms with Gasteiger partial charge in [-0.05, 0) is 49.8 Å². The predicted molar refractivity (Wildman–Crippen MR) is 80.7 cm³/mol. The van der Waals surface area contributed by atoms with E-state index in [1.807, 2.05) is 30.9 Å². The molecule has 100 valence electrons. The highest BCUT2D eigenvalue weighted by molar-refractivity contribution is 9.10. The Morgan fingerprint density at radius 1 is 1.50 bits per heavy atom. The fraction of sp³-hybridized carbons (Fsp3) is 0.571. The lowest BCUT2D eigenvalue weighted by atomic mass is 9.99. The van der Waals surface area contributed by atoms with Gasteiger partial charge in [0, 0.05) is 15.8 Å². The van der Waals surface area contributed by atoms with Gasteiger partial charge in [0.25, 0.3) is 0 Å². The smallest absolute Gasteiger partial charge is 0.127 e. The number of hydrogen-bond acceptors (Lipinski definition) is 2. The molecule has 1 aliphatic heterocycles. The number of hydrogen-bond donors (Lipinski definition) is 1. The summed E-state index contributed by atoms with van der Waals surface area (Å²) in [4.78, 5) is 0. The van der Waals surface area contributed by atoms with E-state index in [9.17, 15) is 4.39 Å². The molecule has 1 heterocycles. The molecule has 0 amide bonds. The Labute approximate surface area is 121 Å². The minimum atomic E-state index is -0.106. The topological polar surface area (TPSA) is 12.0 Å². The average Bonchev–Trinajstić information content (AvgIpc) is 2.39. The van der Waals surface area contributed by atoms with Crippen LogP contribution in [-0.2, 0) is 6.42 Å². The summed E-state index contributed by atoms with van der Waals surface area (Å²) in [6.07, 6.45) is 4.64. The van der Waals surface area contributed by atoms with Crippen molar-refractivity contribution in [2.75, 3.05) is 12.8 Å². The molecule has 1 aromatic carbocycles. The SMILES string of the molecule is CNC(Cc1ccc(Br)cc1F)C1CCCCS1. The lowest BCUT2D eigenvalue weighted by Gasteiger charge is -2.29. The molecule has 1 N–H and O–H groups in total. The van der Waals surface area contributed by atoms with E-state index in [2.05, 4.69) is 21.2 Å². The minimum absolute atomic E-state index is 0.106. The maximum absolute atomic E-state index is 13.8. The van der Waals surface area contributed by atoms with Crippen molar-refractivity contribution in [1.29, 1.82) is 0 Å². The summed E-state index contributed by atoms with van der Waals surface area (Å²) in [6, 6.07) is 5.72. The lowest BCUT2D eigenvalue weighted by Crippen LogP contribution is -2.39. The molecule has 1 nitrogen and oxygen atoms in total. The van der Waals surface area contributed by atoms with Gasteiger partial charge in [-0.3, -0.25) is 0 Å². The highest BCUT2D eigenvalue weighted by Crippen LogP contribution is 2.29. The third-order valence-corrected chi connectivity index (χ3v) is 5.50. The molecule has 0 saturated carbocycles. The molecule has 0 bridgehead atoms. The normalized spacial score (nSPS) is 21.8. The first-order valence-electron chi connectivity index (χ1n) is 6.43. The first-order chi connectivity index (χ1) is 8.70. The molecule has 1 aliphatic rings. The van der Waals surface area contributed by atoms with Gasteiger partial charge in [0.1, 0.15) is 5.82 Å². The Bertz CT molecular complexity index is 393. The van der Waals surface area contributed by atoms with Crippen molar-refractivity contribution in [2.45, 2.75) is 37.0 Å². The van der Waals surface area contributed by atoms with Crippen molar-refractivity contribution in [1.82, 2.24) is 5.32 Å². The first-order valence-corrected chi connectivity index (χ1v) is 8.27. The van der Waals surface area contributed by atoms with Crippen molar-refractivity contribution in [3.63, 3.8) is 0 Å². The van der Waals surface area contributed by atoms with Crippen LogP contribution < -0.4 is 5.32 Å². The molecule has 4 heteroatoms. The van der Waals surface area contributed by atoms with Gasteiger partial charge in [-0.1, -0.05) is 28.4 Å². The van der Waals surface area contributed by atoms with Gasteiger partial charge in [-0.2, -0.15) is 11.8 Å². The van der Waals surface area contributed by atoms with Gasteiger partial charge < -0.3 is 5.32 Å². The Morgan fingerprint density at radius 2 is 2.33 bits per heavy atom. The molecule has 0 aliphatic carbocycles. The number of likely N-dealkylation sites (N-methyl/N-ethyl adjacent to an activating group) is 1. The average molecular weight is 332 g/mol. The maximum Gasteiger partial charge on any atom is 0.127 e. The van der Waals surface area contributed by atoms with Gasteiger partial charge in [0.05, 0.1) is 0 Å². The molecule has 1 fully saturated rings. The van der Waals surface area contributed by atoms with E-state index in [4.69, 9.17) is 0 Å². The molecule has 2 unspecified atom stereocenters. The Morgan fingerprint density at radius 3 is 2.94 bits per heavy atom. The zero-order chi connectivity index (χ0) is 13.0. The van der Waals surface area contributed by atoms with Crippen LogP contribution in [0.1, 0.15) is 24.8 Å². The second kappa shape index (κ2) is 6.92. The first kappa shape index (κ1) is 14.4. The van der Waals surface area contributed by atoms with Crippen LogP contribution in [0.3, 0.4) is 0 Å². The monoisotopic (exact) mass is 331 g/mol. The maximum atomic E-state index is 13.8. The van der Waals surface area contributed by atoms with Crippen LogP contribution >= 0.6 is 27.7 Å². The molecule has 0 spiro atoms. The van der Waals surface area contributed by atoms with Gasteiger partial charge in [-0.25, -0.2) is 4.39 Å². The van der Waals surface area contributed by atoms with Crippen LogP contribution in [0.25, 0.3) is 0 Å². The quantitative estimate of drug-likeness (QED) is 0.894. The summed E-state index contributed by atoms with van der Waals surface area (Å²) in [5, 5.41) is 3.98. The third-order valence-electron chi connectivity index (χ3n) is 3.49. The van der Waals surface area contributed by atoms with E-state index in [0.717, 1.165) is 16.5 Å². The Balaban J connectivity index is 2.04. The zero-order valence-corrected chi connectivity index (χ0v) is 13.0. The van der Waals surface area contributed by atoms with E-state index in [0.29, 0.717) is 11.3 Å². The second-order valence-electron chi connectivity index (χ2n) is 4.74. The predicted octanol–water partition coefficient (Wildman–Crippen LogP) is 4.00. The fourth-order valence-corrected chi connectivity index (χ4v) is 4.23. The molecule has 2 rings (SSSR count).